The summed E-state index contributed by atoms with van der Waals surface area (Å²) in [7, 11) is -3.61. The summed E-state index contributed by atoms with van der Waals surface area (Å²) in [5.41, 5.74) is 1.72. The third-order valence-corrected chi connectivity index (χ3v) is 6.21. The van der Waals surface area contributed by atoms with Gasteiger partial charge in [-0.15, -0.1) is 0 Å². The van der Waals surface area contributed by atoms with Gasteiger partial charge < -0.3 is 10.1 Å². The van der Waals surface area contributed by atoms with Crippen LogP contribution in [0.1, 0.15) is 36.3 Å². The zero-order chi connectivity index (χ0) is 22.3. The highest BCUT2D eigenvalue weighted by molar-refractivity contribution is 7.89. The van der Waals surface area contributed by atoms with E-state index in [0.717, 1.165) is 5.69 Å². The highest BCUT2D eigenvalue weighted by Gasteiger charge is 2.17. The van der Waals surface area contributed by atoms with Crippen LogP contribution in [0.2, 0.25) is 0 Å². The first-order valence-corrected chi connectivity index (χ1v) is 11.4. The van der Waals surface area contributed by atoms with Gasteiger partial charge in [0, 0.05) is 29.6 Å². The molecule has 8 heteroatoms. The molecule has 0 fully saturated rings. The van der Waals surface area contributed by atoms with Crippen molar-refractivity contribution >= 4 is 21.6 Å². The summed E-state index contributed by atoms with van der Waals surface area (Å²) in [6.07, 6.45) is 2.39. The third kappa shape index (κ3) is 6.37. The van der Waals surface area contributed by atoms with Crippen LogP contribution in [0.15, 0.2) is 77.8 Å². The van der Waals surface area contributed by atoms with Crippen molar-refractivity contribution < 1.29 is 17.9 Å². The number of nitrogens with zero attached hydrogens (tertiary/aromatic N) is 1. The van der Waals surface area contributed by atoms with E-state index in [1.54, 1.807) is 37.4 Å². The first-order chi connectivity index (χ1) is 14.9. The molecule has 7 nitrogen and oxygen atoms in total. The molecule has 0 aliphatic rings. The Morgan fingerprint density at radius 2 is 1.84 bits per heavy atom. The van der Waals surface area contributed by atoms with Crippen LogP contribution in [0.3, 0.4) is 0 Å². The Labute approximate surface area is 182 Å². The number of hydrogen-bond acceptors (Lipinski definition) is 5. The fourth-order valence-corrected chi connectivity index (χ4v) is 4.04. The zero-order valence-electron chi connectivity index (χ0n) is 17.4. The minimum absolute atomic E-state index is 0.120. The Balaban J connectivity index is 1.63. The van der Waals surface area contributed by atoms with Gasteiger partial charge in [-0.1, -0.05) is 19.1 Å². The average molecular weight is 440 g/mol. The van der Waals surface area contributed by atoms with Crippen molar-refractivity contribution in [2.24, 2.45) is 0 Å². The summed E-state index contributed by atoms with van der Waals surface area (Å²) >= 11 is 0. The van der Waals surface area contributed by atoms with Crippen LogP contribution in [0, 0.1) is 0 Å². The van der Waals surface area contributed by atoms with Crippen LogP contribution in [-0.2, 0) is 16.6 Å². The Morgan fingerprint density at radius 1 is 1.06 bits per heavy atom. The van der Waals surface area contributed by atoms with Crippen molar-refractivity contribution in [1.29, 1.82) is 0 Å². The zero-order valence-corrected chi connectivity index (χ0v) is 18.2. The minimum Gasteiger partial charge on any atom is -0.487 e. The lowest BCUT2D eigenvalue weighted by Gasteiger charge is -2.12. The number of amides is 1. The smallest absolute Gasteiger partial charge is 0.255 e. The maximum Gasteiger partial charge on any atom is 0.255 e. The van der Waals surface area contributed by atoms with Crippen LogP contribution in [0.5, 0.6) is 5.75 Å². The van der Waals surface area contributed by atoms with Crippen LogP contribution in [-0.4, -0.2) is 25.4 Å². The molecule has 0 aliphatic carbocycles. The molecule has 162 valence electrons. The fraction of sp³-hybridized carbons (Fsp3) is 0.217. The summed E-state index contributed by atoms with van der Waals surface area (Å²) in [6, 6.07) is 18.3. The summed E-state index contributed by atoms with van der Waals surface area (Å²) < 4.78 is 33.0. The van der Waals surface area contributed by atoms with Gasteiger partial charge in [-0.2, -0.15) is 0 Å². The molecule has 0 radical (unpaired) electrons. The van der Waals surface area contributed by atoms with E-state index in [0.29, 0.717) is 30.0 Å². The monoisotopic (exact) mass is 439 g/mol. The molecule has 3 aromatic rings. The molecule has 0 saturated heterocycles. The largest absolute Gasteiger partial charge is 0.487 e. The van der Waals surface area contributed by atoms with E-state index in [-0.39, 0.29) is 16.8 Å². The lowest BCUT2D eigenvalue weighted by molar-refractivity contribution is 0.102. The number of benzene rings is 2. The third-order valence-electron chi connectivity index (χ3n) is 4.60. The molecule has 2 N–H and O–H groups in total. The number of carbonyl (C=O) groups is 1. The van der Waals surface area contributed by atoms with E-state index in [1.165, 1.54) is 24.3 Å². The lowest BCUT2D eigenvalue weighted by atomic mass is 10.2. The highest BCUT2D eigenvalue weighted by Crippen LogP contribution is 2.20. The molecule has 0 saturated carbocycles. The van der Waals surface area contributed by atoms with E-state index in [1.807, 2.05) is 25.1 Å². The van der Waals surface area contributed by atoms with Crippen molar-refractivity contribution in [1.82, 2.24) is 9.71 Å². The van der Waals surface area contributed by atoms with E-state index >= 15 is 0 Å². The van der Waals surface area contributed by atoms with Gasteiger partial charge in [0.25, 0.3) is 5.91 Å². The minimum atomic E-state index is -3.61. The van der Waals surface area contributed by atoms with Gasteiger partial charge >= 0.3 is 0 Å². The van der Waals surface area contributed by atoms with Crippen molar-refractivity contribution in [2.75, 3.05) is 5.32 Å². The van der Waals surface area contributed by atoms with Crippen molar-refractivity contribution in [3.05, 3.63) is 84.2 Å². The van der Waals surface area contributed by atoms with Gasteiger partial charge in [-0.3, -0.25) is 9.78 Å². The summed E-state index contributed by atoms with van der Waals surface area (Å²) in [5.74, 6) is 0.252. The summed E-state index contributed by atoms with van der Waals surface area (Å²) in [6.45, 7) is 4.02. The second-order valence-corrected chi connectivity index (χ2v) is 8.76. The van der Waals surface area contributed by atoms with Crippen LogP contribution in [0.4, 0.5) is 5.69 Å². The van der Waals surface area contributed by atoms with Crippen molar-refractivity contribution in [3.63, 3.8) is 0 Å². The van der Waals surface area contributed by atoms with Crippen molar-refractivity contribution in [3.8, 4) is 5.75 Å². The normalized spacial score (nSPS) is 12.2. The van der Waals surface area contributed by atoms with E-state index in [9.17, 15) is 13.2 Å². The molecule has 1 aromatic heterocycles. The highest BCUT2D eigenvalue weighted by atomic mass is 32.2. The average Bonchev–Trinajstić information content (AvgIpc) is 2.78. The predicted molar refractivity (Wildman–Crippen MR) is 119 cm³/mol. The number of rotatable bonds is 9. The van der Waals surface area contributed by atoms with E-state index in [2.05, 4.69) is 15.0 Å². The lowest BCUT2D eigenvalue weighted by Crippen LogP contribution is -2.32. The molecular formula is C23H25N3O4S. The predicted octanol–water partition coefficient (Wildman–Crippen LogP) is 3.99. The molecule has 1 atom stereocenters. The van der Waals surface area contributed by atoms with Crippen LogP contribution >= 0.6 is 0 Å². The van der Waals surface area contributed by atoms with Crippen LogP contribution in [0.25, 0.3) is 0 Å². The van der Waals surface area contributed by atoms with Gasteiger partial charge in [0.1, 0.15) is 12.4 Å². The second kappa shape index (κ2) is 10.2. The van der Waals surface area contributed by atoms with E-state index in [4.69, 9.17) is 4.74 Å². The number of sulfonamides is 1. The number of ether oxygens (including phenoxy) is 1. The number of carbonyl (C=O) groups excluding carboxylic acids is 1. The fourth-order valence-electron chi connectivity index (χ4n) is 2.71. The number of hydrogen-bond donors (Lipinski definition) is 2. The molecular weight excluding hydrogens is 414 g/mol. The molecule has 0 bridgehead atoms. The molecule has 1 amide bonds. The summed E-state index contributed by atoms with van der Waals surface area (Å²) in [5, 5.41) is 2.80. The Morgan fingerprint density at radius 3 is 2.52 bits per heavy atom. The molecule has 1 heterocycles. The maximum absolute atomic E-state index is 12.6. The quantitative estimate of drug-likeness (QED) is 0.525. The Bertz CT molecular complexity index is 1120. The molecule has 3 rings (SSSR count). The SMILES string of the molecule is CCC(C)NS(=O)(=O)c1ccc(C(=O)Nc2cccc(OCc3ccccn3)c2)cc1. The standard InChI is InChI=1S/C23H25N3O4S/c1-3-17(2)26-31(28,29)22-12-10-18(11-13-22)23(27)25-19-8-6-9-21(15-19)30-16-20-7-4-5-14-24-20/h4-15,17,26H,3,16H2,1-2H3,(H,25,27). The number of nitrogens with one attached hydrogen (secondary N) is 2. The van der Waals surface area contributed by atoms with Gasteiger partial charge in [0.15, 0.2) is 0 Å². The first-order valence-electron chi connectivity index (χ1n) is 9.94. The Hall–Kier alpha value is -3.23. The number of anilines is 1. The second-order valence-electron chi connectivity index (χ2n) is 7.05. The van der Waals surface area contributed by atoms with Crippen molar-refractivity contribution in [2.45, 2.75) is 37.8 Å². The summed E-state index contributed by atoms with van der Waals surface area (Å²) in [4.78, 5) is 16.9. The molecule has 2 aromatic carbocycles. The maximum atomic E-state index is 12.6. The topological polar surface area (TPSA) is 97.4 Å². The molecule has 0 aliphatic heterocycles. The number of aromatic nitrogens is 1. The van der Waals surface area contributed by atoms with Gasteiger partial charge in [0.05, 0.1) is 10.6 Å². The first kappa shape index (κ1) is 22.5. The molecule has 31 heavy (non-hydrogen) atoms. The Kier molecular flexibility index (Phi) is 7.38. The number of pyridine rings is 1. The molecule has 0 spiro atoms. The van der Waals surface area contributed by atoms with Crippen LogP contribution < -0.4 is 14.8 Å². The van der Waals surface area contributed by atoms with Gasteiger partial charge in [-0.25, -0.2) is 13.1 Å². The van der Waals surface area contributed by atoms with E-state index < -0.39 is 10.0 Å². The molecule has 1 unspecified atom stereocenters. The van der Waals surface area contributed by atoms with Gasteiger partial charge in [-0.05, 0) is 61.9 Å². The van der Waals surface area contributed by atoms with Gasteiger partial charge in [0.2, 0.25) is 10.0 Å².